The van der Waals surface area contributed by atoms with Crippen molar-refractivity contribution in [2.75, 3.05) is 5.32 Å². The largest absolute Gasteiger partial charge is 0.322 e. The predicted octanol–water partition coefficient (Wildman–Crippen LogP) is 2.77. The van der Waals surface area contributed by atoms with Gasteiger partial charge in [0.1, 0.15) is 5.69 Å². The highest BCUT2D eigenvalue weighted by Crippen LogP contribution is 2.20. The Balaban J connectivity index is 1.88. The summed E-state index contributed by atoms with van der Waals surface area (Å²) in [5.41, 5.74) is 3.10. The zero-order valence-corrected chi connectivity index (χ0v) is 14.7. The van der Waals surface area contributed by atoms with Crippen LogP contribution in [0.15, 0.2) is 48.7 Å². The summed E-state index contributed by atoms with van der Waals surface area (Å²) in [6.07, 6.45) is 1.15. The lowest BCUT2D eigenvalue weighted by Crippen LogP contribution is -2.33. The number of rotatable bonds is 5. The number of amides is 1. The van der Waals surface area contributed by atoms with Crippen molar-refractivity contribution >= 4 is 28.4 Å². The van der Waals surface area contributed by atoms with Crippen LogP contribution in [0.25, 0.3) is 11.0 Å². The third kappa shape index (κ3) is 3.79. The average molecular weight is 364 g/mol. The van der Waals surface area contributed by atoms with E-state index in [-0.39, 0.29) is 5.69 Å². The van der Waals surface area contributed by atoms with Gasteiger partial charge in [0.25, 0.3) is 11.7 Å². The molecule has 3 rings (SSSR count). The number of nitrogens with one attached hydrogen (secondary N) is 1. The SMILES string of the molecule is Cc1ccc(NC(=O)C(=O)[C@H](c2cnc3ccccc3n2)[N+](=O)[O-])cc1C. The molecule has 1 atom stereocenters. The molecule has 8 nitrogen and oxygen atoms in total. The lowest BCUT2D eigenvalue weighted by molar-refractivity contribution is -0.513. The highest BCUT2D eigenvalue weighted by atomic mass is 16.6. The van der Waals surface area contributed by atoms with Crippen molar-refractivity contribution in [2.45, 2.75) is 19.9 Å². The molecule has 0 aliphatic carbocycles. The summed E-state index contributed by atoms with van der Waals surface area (Å²) in [7, 11) is 0. The molecule has 8 heteroatoms. The molecule has 0 spiro atoms. The molecule has 0 saturated heterocycles. The number of nitro groups is 1. The maximum absolute atomic E-state index is 12.5. The van der Waals surface area contributed by atoms with Gasteiger partial charge >= 0.3 is 6.04 Å². The normalized spacial score (nSPS) is 11.8. The summed E-state index contributed by atoms with van der Waals surface area (Å²) in [4.78, 5) is 43.6. The molecule has 1 aromatic heterocycles. The van der Waals surface area contributed by atoms with Crippen LogP contribution >= 0.6 is 0 Å². The van der Waals surface area contributed by atoms with Crippen LogP contribution in [0.2, 0.25) is 0 Å². The second-order valence-corrected chi connectivity index (χ2v) is 6.09. The summed E-state index contributed by atoms with van der Waals surface area (Å²) < 4.78 is 0. The molecule has 1 N–H and O–H groups in total. The molecule has 0 unspecified atom stereocenters. The van der Waals surface area contributed by atoms with E-state index in [1.54, 1.807) is 42.5 Å². The van der Waals surface area contributed by atoms with Crippen LogP contribution in [0.5, 0.6) is 0 Å². The molecule has 0 bridgehead atoms. The molecule has 2 aromatic carbocycles. The second-order valence-electron chi connectivity index (χ2n) is 6.09. The number of carbonyl (C=O) groups excluding carboxylic acids is 2. The van der Waals surface area contributed by atoms with Gasteiger partial charge in [0.2, 0.25) is 0 Å². The molecular weight excluding hydrogens is 348 g/mol. The molecule has 0 radical (unpaired) electrons. The van der Waals surface area contributed by atoms with Crippen molar-refractivity contribution in [2.24, 2.45) is 0 Å². The van der Waals surface area contributed by atoms with Gasteiger partial charge in [-0.1, -0.05) is 18.2 Å². The third-order valence-corrected chi connectivity index (χ3v) is 4.20. The van der Waals surface area contributed by atoms with Gasteiger partial charge in [-0.15, -0.1) is 0 Å². The van der Waals surface area contributed by atoms with Gasteiger partial charge in [0.15, 0.2) is 0 Å². The Morgan fingerprint density at radius 2 is 1.78 bits per heavy atom. The van der Waals surface area contributed by atoms with E-state index in [0.717, 1.165) is 17.3 Å². The summed E-state index contributed by atoms with van der Waals surface area (Å²) in [5.74, 6) is -2.28. The third-order valence-electron chi connectivity index (χ3n) is 4.20. The number of hydrogen-bond donors (Lipinski definition) is 1. The highest BCUT2D eigenvalue weighted by molar-refractivity contribution is 6.42. The minimum Gasteiger partial charge on any atom is -0.319 e. The first-order valence-electron chi connectivity index (χ1n) is 8.14. The van der Waals surface area contributed by atoms with Crippen molar-refractivity contribution in [1.29, 1.82) is 0 Å². The quantitative estimate of drug-likeness (QED) is 0.423. The summed E-state index contributed by atoms with van der Waals surface area (Å²) in [6.45, 7) is 3.77. The first-order valence-corrected chi connectivity index (χ1v) is 8.14. The number of aryl methyl sites for hydroxylation is 2. The Morgan fingerprint density at radius 3 is 2.44 bits per heavy atom. The van der Waals surface area contributed by atoms with Gasteiger partial charge in [-0.2, -0.15) is 0 Å². The number of carbonyl (C=O) groups is 2. The van der Waals surface area contributed by atoms with Crippen molar-refractivity contribution in [3.63, 3.8) is 0 Å². The number of ketones is 1. The molecule has 27 heavy (non-hydrogen) atoms. The van der Waals surface area contributed by atoms with Gasteiger partial charge in [-0.3, -0.25) is 24.7 Å². The Morgan fingerprint density at radius 1 is 1.07 bits per heavy atom. The molecular formula is C19H16N4O4. The van der Waals surface area contributed by atoms with Crippen LogP contribution in [-0.4, -0.2) is 26.6 Å². The summed E-state index contributed by atoms with van der Waals surface area (Å²) >= 11 is 0. The molecule has 0 aliphatic rings. The van der Waals surface area contributed by atoms with E-state index in [0.29, 0.717) is 16.7 Å². The average Bonchev–Trinajstić information content (AvgIpc) is 2.64. The molecule has 3 aromatic rings. The highest BCUT2D eigenvalue weighted by Gasteiger charge is 2.38. The predicted molar refractivity (Wildman–Crippen MR) is 98.8 cm³/mol. The number of aromatic nitrogens is 2. The van der Waals surface area contributed by atoms with Gasteiger partial charge in [0, 0.05) is 10.6 Å². The number of fused-ring (bicyclic) bond motifs is 1. The minimum atomic E-state index is -1.92. The van der Waals surface area contributed by atoms with E-state index in [4.69, 9.17) is 0 Å². The number of benzene rings is 2. The van der Waals surface area contributed by atoms with Gasteiger partial charge in [-0.05, 0) is 49.2 Å². The molecule has 0 fully saturated rings. The van der Waals surface area contributed by atoms with E-state index in [1.165, 1.54) is 0 Å². The Kier molecular flexibility index (Phi) is 4.89. The fourth-order valence-corrected chi connectivity index (χ4v) is 2.58. The van der Waals surface area contributed by atoms with E-state index in [2.05, 4.69) is 15.3 Å². The topological polar surface area (TPSA) is 115 Å². The van der Waals surface area contributed by atoms with Crippen molar-refractivity contribution < 1.29 is 14.5 Å². The molecule has 1 heterocycles. The maximum atomic E-state index is 12.5. The van der Waals surface area contributed by atoms with Crippen molar-refractivity contribution in [3.05, 3.63) is 75.6 Å². The van der Waals surface area contributed by atoms with E-state index < -0.39 is 22.7 Å². The first-order chi connectivity index (χ1) is 12.9. The molecule has 136 valence electrons. The first kappa shape index (κ1) is 18.1. The standard InChI is InChI=1S/C19H16N4O4/c1-11-7-8-13(9-12(11)2)21-19(25)18(24)17(23(26)27)16-10-20-14-5-3-4-6-15(14)22-16/h3-10,17H,1-2H3,(H,21,25)/t17-/m0/s1. The number of para-hydroxylation sites is 2. The molecule has 0 aliphatic heterocycles. The lowest BCUT2D eigenvalue weighted by atomic mass is 10.1. The van der Waals surface area contributed by atoms with Crippen LogP contribution in [0, 0.1) is 24.0 Å². The molecule has 0 saturated carbocycles. The number of Topliss-reactive ketones (excluding diaryl/α,β-unsaturated/α-hetero) is 1. The van der Waals surface area contributed by atoms with Crippen LogP contribution in [-0.2, 0) is 9.59 Å². The monoisotopic (exact) mass is 364 g/mol. The Hall–Kier alpha value is -3.68. The van der Waals surface area contributed by atoms with Gasteiger partial charge in [0.05, 0.1) is 17.2 Å². The maximum Gasteiger partial charge on any atom is 0.322 e. The Labute approximate surface area is 154 Å². The second kappa shape index (κ2) is 7.28. The van der Waals surface area contributed by atoms with Crippen molar-refractivity contribution in [1.82, 2.24) is 9.97 Å². The Bertz CT molecular complexity index is 1060. The smallest absolute Gasteiger partial charge is 0.319 e. The molecule has 1 amide bonds. The van der Waals surface area contributed by atoms with Gasteiger partial charge < -0.3 is 5.32 Å². The fraction of sp³-hybridized carbons (Fsp3) is 0.158. The summed E-state index contributed by atoms with van der Waals surface area (Å²) in [6, 6.07) is 9.97. The zero-order chi connectivity index (χ0) is 19.6. The minimum absolute atomic E-state index is 0.182. The van der Waals surface area contributed by atoms with Crippen LogP contribution in [0.1, 0.15) is 22.9 Å². The number of nitrogens with zero attached hydrogens (tertiary/aromatic N) is 3. The van der Waals surface area contributed by atoms with Crippen LogP contribution < -0.4 is 5.32 Å². The van der Waals surface area contributed by atoms with Crippen LogP contribution in [0.3, 0.4) is 0 Å². The zero-order valence-electron chi connectivity index (χ0n) is 14.7. The lowest BCUT2D eigenvalue weighted by Gasteiger charge is -2.10. The summed E-state index contributed by atoms with van der Waals surface area (Å²) in [5, 5.41) is 13.9. The van der Waals surface area contributed by atoms with Crippen LogP contribution in [0.4, 0.5) is 5.69 Å². The van der Waals surface area contributed by atoms with E-state index >= 15 is 0 Å². The van der Waals surface area contributed by atoms with E-state index in [9.17, 15) is 19.7 Å². The van der Waals surface area contributed by atoms with Gasteiger partial charge in [-0.25, -0.2) is 4.98 Å². The number of anilines is 1. The number of hydrogen-bond acceptors (Lipinski definition) is 6. The van der Waals surface area contributed by atoms with E-state index in [1.807, 2.05) is 13.8 Å². The fourth-order valence-electron chi connectivity index (χ4n) is 2.58. The van der Waals surface area contributed by atoms with Crippen molar-refractivity contribution in [3.8, 4) is 0 Å².